The van der Waals surface area contributed by atoms with Crippen LogP contribution in [0.25, 0.3) is 0 Å². The number of anilines is 1. The molecule has 0 saturated heterocycles. The number of pyridine rings is 1. The van der Waals surface area contributed by atoms with Gasteiger partial charge in [0.1, 0.15) is 11.6 Å². The molecule has 0 aliphatic carbocycles. The standard InChI is InChI=1S/C24H23F3N4O3/c1-29-23-21(22(28)16-6-4-3-5-7-16)18(24(25,26)27)12-20(31-23)34-14-19(32)30-13-15-8-10-17(33-2)11-9-15/h3-12,28H,13-14H2,1-2H3,(H,29,31)(H,30,32). The molecule has 7 nitrogen and oxygen atoms in total. The molecule has 0 unspecified atom stereocenters. The number of amides is 1. The van der Waals surface area contributed by atoms with E-state index in [2.05, 4.69) is 15.6 Å². The average Bonchev–Trinajstić information content (AvgIpc) is 2.85. The minimum Gasteiger partial charge on any atom is -0.497 e. The lowest BCUT2D eigenvalue weighted by atomic mass is 9.98. The van der Waals surface area contributed by atoms with Gasteiger partial charge >= 0.3 is 6.18 Å². The molecule has 3 N–H and O–H groups in total. The van der Waals surface area contributed by atoms with Crippen molar-refractivity contribution in [1.29, 1.82) is 5.41 Å². The van der Waals surface area contributed by atoms with Crippen molar-refractivity contribution in [2.75, 3.05) is 26.1 Å². The molecule has 0 bridgehead atoms. The minimum absolute atomic E-state index is 0.183. The zero-order chi connectivity index (χ0) is 24.7. The number of hydrogen-bond donors (Lipinski definition) is 3. The van der Waals surface area contributed by atoms with Crippen LogP contribution in [0.3, 0.4) is 0 Å². The van der Waals surface area contributed by atoms with Crippen LogP contribution < -0.4 is 20.1 Å². The van der Waals surface area contributed by atoms with E-state index in [0.717, 1.165) is 5.56 Å². The van der Waals surface area contributed by atoms with E-state index < -0.39 is 29.8 Å². The van der Waals surface area contributed by atoms with Crippen LogP contribution in [0.4, 0.5) is 19.0 Å². The maximum Gasteiger partial charge on any atom is 0.417 e. The molecule has 1 aromatic heterocycles. The molecular weight excluding hydrogens is 449 g/mol. The molecule has 0 atom stereocenters. The Bertz CT molecular complexity index is 1150. The third-order valence-corrected chi connectivity index (χ3v) is 4.85. The van der Waals surface area contributed by atoms with Gasteiger partial charge in [0, 0.05) is 25.2 Å². The summed E-state index contributed by atoms with van der Waals surface area (Å²) in [7, 11) is 2.94. The van der Waals surface area contributed by atoms with Crippen molar-refractivity contribution < 1.29 is 27.4 Å². The number of alkyl halides is 3. The Hall–Kier alpha value is -4.08. The molecule has 0 spiro atoms. The van der Waals surface area contributed by atoms with E-state index in [4.69, 9.17) is 14.9 Å². The molecule has 0 aliphatic rings. The number of carbonyl (C=O) groups is 1. The first-order valence-corrected chi connectivity index (χ1v) is 10.2. The normalized spacial score (nSPS) is 11.0. The molecule has 3 aromatic rings. The number of rotatable bonds is 9. The highest BCUT2D eigenvalue weighted by Crippen LogP contribution is 2.37. The van der Waals surface area contributed by atoms with E-state index in [1.807, 2.05) is 0 Å². The fourth-order valence-corrected chi connectivity index (χ4v) is 3.14. The van der Waals surface area contributed by atoms with Gasteiger partial charge in [-0.1, -0.05) is 42.5 Å². The third kappa shape index (κ3) is 6.03. The highest BCUT2D eigenvalue weighted by Gasteiger charge is 2.37. The van der Waals surface area contributed by atoms with Gasteiger partial charge in [-0.05, 0) is 17.7 Å². The number of methoxy groups -OCH3 is 1. The van der Waals surface area contributed by atoms with Crippen molar-refractivity contribution in [3.63, 3.8) is 0 Å². The average molecular weight is 472 g/mol. The Morgan fingerprint density at radius 1 is 1.09 bits per heavy atom. The van der Waals surface area contributed by atoms with Crippen LogP contribution in [0.1, 0.15) is 22.3 Å². The minimum atomic E-state index is -4.78. The smallest absolute Gasteiger partial charge is 0.417 e. The molecular formula is C24H23F3N4O3. The van der Waals surface area contributed by atoms with Crippen LogP contribution in [0.5, 0.6) is 11.6 Å². The van der Waals surface area contributed by atoms with Crippen molar-refractivity contribution in [2.45, 2.75) is 12.7 Å². The van der Waals surface area contributed by atoms with Gasteiger partial charge in [0.15, 0.2) is 6.61 Å². The fourth-order valence-electron chi connectivity index (χ4n) is 3.14. The molecule has 34 heavy (non-hydrogen) atoms. The van der Waals surface area contributed by atoms with Crippen LogP contribution in [0.15, 0.2) is 60.7 Å². The van der Waals surface area contributed by atoms with E-state index in [1.165, 1.54) is 7.05 Å². The predicted molar refractivity (Wildman–Crippen MR) is 121 cm³/mol. The second kappa shape index (κ2) is 10.7. The third-order valence-electron chi connectivity index (χ3n) is 4.85. The van der Waals surface area contributed by atoms with Crippen molar-refractivity contribution in [2.24, 2.45) is 0 Å². The molecule has 0 radical (unpaired) electrons. The number of nitrogens with zero attached hydrogens (tertiary/aromatic N) is 1. The van der Waals surface area contributed by atoms with Crippen LogP contribution >= 0.6 is 0 Å². The fraction of sp³-hybridized carbons (Fsp3) is 0.208. The summed E-state index contributed by atoms with van der Waals surface area (Å²) >= 11 is 0. The number of hydrogen-bond acceptors (Lipinski definition) is 6. The quantitative estimate of drug-likeness (QED) is 0.405. The SMILES string of the molecule is CNc1nc(OCC(=O)NCc2ccc(OC)cc2)cc(C(F)(F)F)c1C(=N)c1ccccc1. The number of aromatic nitrogens is 1. The topological polar surface area (TPSA) is 96.3 Å². The van der Waals surface area contributed by atoms with E-state index in [9.17, 15) is 18.0 Å². The number of nitrogens with one attached hydrogen (secondary N) is 3. The Morgan fingerprint density at radius 2 is 1.76 bits per heavy atom. The van der Waals surface area contributed by atoms with Crippen molar-refractivity contribution in [3.8, 4) is 11.6 Å². The van der Waals surface area contributed by atoms with Crippen LogP contribution in [0.2, 0.25) is 0 Å². The van der Waals surface area contributed by atoms with E-state index in [0.29, 0.717) is 17.4 Å². The Kier molecular flexibility index (Phi) is 7.72. The lowest BCUT2D eigenvalue weighted by Crippen LogP contribution is -2.28. The highest BCUT2D eigenvalue weighted by atomic mass is 19.4. The zero-order valence-corrected chi connectivity index (χ0v) is 18.5. The van der Waals surface area contributed by atoms with E-state index in [-0.39, 0.29) is 24.0 Å². The van der Waals surface area contributed by atoms with Crippen LogP contribution in [0, 0.1) is 5.41 Å². The lowest BCUT2D eigenvalue weighted by molar-refractivity contribution is -0.137. The van der Waals surface area contributed by atoms with Gasteiger partial charge < -0.3 is 20.1 Å². The van der Waals surface area contributed by atoms with Gasteiger partial charge in [-0.2, -0.15) is 18.2 Å². The number of benzene rings is 2. The summed E-state index contributed by atoms with van der Waals surface area (Å²) in [6, 6.07) is 15.8. The number of halogens is 3. The van der Waals surface area contributed by atoms with E-state index >= 15 is 0 Å². The molecule has 0 saturated carbocycles. The summed E-state index contributed by atoms with van der Waals surface area (Å²) in [5.41, 5.74) is -0.717. The molecule has 1 amide bonds. The molecule has 3 rings (SSSR count). The molecule has 178 valence electrons. The summed E-state index contributed by atoms with van der Waals surface area (Å²) in [6.45, 7) is -0.318. The summed E-state index contributed by atoms with van der Waals surface area (Å²) in [4.78, 5) is 16.2. The summed E-state index contributed by atoms with van der Waals surface area (Å²) < 4.78 is 52.0. The van der Waals surface area contributed by atoms with Gasteiger partial charge in [-0.25, -0.2) is 0 Å². The first-order chi connectivity index (χ1) is 16.2. The monoisotopic (exact) mass is 472 g/mol. The van der Waals surface area contributed by atoms with Gasteiger partial charge in [-0.15, -0.1) is 0 Å². The molecule has 0 fully saturated rings. The molecule has 10 heteroatoms. The highest BCUT2D eigenvalue weighted by molar-refractivity contribution is 6.14. The Morgan fingerprint density at radius 3 is 2.35 bits per heavy atom. The van der Waals surface area contributed by atoms with Gasteiger partial charge in [0.25, 0.3) is 5.91 Å². The van der Waals surface area contributed by atoms with Crippen LogP contribution in [-0.2, 0) is 17.5 Å². The van der Waals surface area contributed by atoms with Gasteiger partial charge in [0.2, 0.25) is 5.88 Å². The largest absolute Gasteiger partial charge is 0.497 e. The Balaban J connectivity index is 1.76. The Labute approximate surface area is 194 Å². The summed E-state index contributed by atoms with van der Waals surface area (Å²) in [6.07, 6.45) is -4.78. The summed E-state index contributed by atoms with van der Waals surface area (Å²) in [5, 5.41) is 13.6. The number of ether oxygens (including phenoxy) is 2. The molecule has 1 heterocycles. The maximum absolute atomic E-state index is 13.9. The first kappa shape index (κ1) is 24.6. The number of carbonyl (C=O) groups excluding carboxylic acids is 1. The van der Waals surface area contributed by atoms with Crippen molar-refractivity contribution >= 4 is 17.4 Å². The van der Waals surface area contributed by atoms with Gasteiger partial charge in [-0.3, -0.25) is 10.2 Å². The second-order valence-corrected chi connectivity index (χ2v) is 7.13. The lowest BCUT2D eigenvalue weighted by Gasteiger charge is -2.19. The van der Waals surface area contributed by atoms with E-state index in [1.54, 1.807) is 61.7 Å². The van der Waals surface area contributed by atoms with Crippen molar-refractivity contribution in [3.05, 3.63) is 82.9 Å². The summed E-state index contributed by atoms with van der Waals surface area (Å²) in [5.74, 6) is -0.425. The first-order valence-electron chi connectivity index (χ1n) is 10.2. The maximum atomic E-state index is 13.9. The zero-order valence-electron chi connectivity index (χ0n) is 18.5. The second-order valence-electron chi connectivity index (χ2n) is 7.13. The van der Waals surface area contributed by atoms with Gasteiger partial charge in [0.05, 0.1) is 23.9 Å². The van der Waals surface area contributed by atoms with Crippen LogP contribution in [-0.4, -0.2) is 37.4 Å². The predicted octanol–water partition coefficient (Wildman–Crippen LogP) is 4.26. The molecule has 0 aliphatic heterocycles. The molecule has 2 aromatic carbocycles. The van der Waals surface area contributed by atoms with Crippen molar-refractivity contribution in [1.82, 2.24) is 10.3 Å².